The van der Waals surface area contributed by atoms with Gasteiger partial charge in [0.05, 0.1) is 6.04 Å². The summed E-state index contributed by atoms with van der Waals surface area (Å²) in [6.07, 6.45) is 12.8. The predicted molar refractivity (Wildman–Crippen MR) is 87.8 cm³/mol. The summed E-state index contributed by atoms with van der Waals surface area (Å²) in [5, 5.41) is 8.96. The maximum absolute atomic E-state index is 13.0. The number of carbonyl (C=O) groups is 1. The van der Waals surface area contributed by atoms with E-state index < -0.39 is 0 Å². The summed E-state index contributed by atoms with van der Waals surface area (Å²) in [5.74, 6) is 2.84. The van der Waals surface area contributed by atoms with Gasteiger partial charge in [-0.3, -0.25) is 4.79 Å². The van der Waals surface area contributed by atoms with E-state index in [2.05, 4.69) is 19.7 Å². The predicted octanol–water partition coefficient (Wildman–Crippen LogP) is 3.25. The van der Waals surface area contributed by atoms with Crippen molar-refractivity contribution in [3.63, 3.8) is 0 Å². The molecular formula is C18H28N4O. The normalized spacial score (nSPS) is 26.1. The summed E-state index contributed by atoms with van der Waals surface area (Å²) >= 11 is 0. The molecule has 126 valence electrons. The van der Waals surface area contributed by atoms with E-state index in [1.165, 1.54) is 38.5 Å². The Bertz CT molecular complexity index is 561. The number of rotatable bonds is 2. The molecule has 1 aromatic heterocycles. The monoisotopic (exact) mass is 316 g/mol. The highest BCUT2D eigenvalue weighted by Gasteiger charge is 2.37. The summed E-state index contributed by atoms with van der Waals surface area (Å²) in [6.45, 7) is 1.93. The van der Waals surface area contributed by atoms with Crippen molar-refractivity contribution in [2.45, 2.75) is 83.2 Å². The Balaban J connectivity index is 1.56. The van der Waals surface area contributed by atoms with Gasteiger partial charge in [-0.15, -0.1) is 10.2 Å². The van der Waals surface area contributed by atoms with Gasteiger partial charge in [0.1, 0.15) is 5.82 Å². The zero-order valence-electron chi connectivity index (χ0n) is 14.0. The van der Waals surface area contributed by atoms with Gasteiger partial charge in [-0.1, -0.05) is 25.7 Å². The number of amides is 1. The third-order valence-corrected chi connectivity index (χ3v) is 5.93. The van der Waals surface area contributed by atoms with E-state index in [1.807, 2.05) is 0 Å². The second-order valence-corrected chi connectivity index (χ2v) is 7.46. The van der Waals surface area contributed by atoms with E-state index in [1.54, 1.807) is 0 Å². The first-order chi connectivity index (χ1) is 11.3. The molecule has 23 heavy (non-hydrogen) atoms. The largest absolute Gasteiger partial charge is 0.332 e. The number of hydrogen-bond donors (Lipinski definition) is 0. The molecule has 0 spiro atoms. The SMILES string of the molecule is O=C(C1CCCCC1)N1CCCC1c1nnc2n1CCCCC2. The molecule has 0 bridgehead atoms. The average Bonchev–Trinajstić information content (AvgIpc) is 3.16. The molecule has 3 aliphatic rings. The Labute approximate surface area is 138 Å². The van der Waals surface area contributed by atoms with Crippen molar-refractivity contribution in [2.24, 2.45) is 5.92 Å². The fraction of sp³-hybridized carbons (Fsp3) is 0.833. The third kappa shape index (κ3) is 2.90. The highest BCUT2D eigenvalue weighted by atomic mass is 16.2. The van der Waals surface area contributed by atoms with Gasteiger partial charge < -0.3 is 9.47 Å². The molecule has 1 atom stereocenters. The molecule has 1 saturated carbocycles. The zero-order chi connectivity index (χ0) is 15.6. The summed E-state index contributed by atoms with van der Waals surface area (Å²) in [6, 6.07) is 0.170. The number of hydrogen-bond acceptors (Lipinski definition) is 3. The minimum absolute atomic E-state index is 0.170. The number of likely N-dealkylation sites (tertiary alicyclic amines) is 1. The summed E-state index contributed by atoms with van der Waals surface area (Å²) < 4.78 is 2.32. The van der Waals surface area contributed by atoms with Crippen molar-refractivity contribution in [1.29, 1.82) is 0 Å². The summed E-state index contributed by atoms with van der Waals surface area (Å²) in [5.41, 5.74) is 0. The van der Waals surface area contributed by atoms with Gasteiger partial charge in [-0.05, 0) is 38.5 Å². The Morgan fingerprint density at radius 2 is 1.70 bits per heavy atom. The van der Waals surface area contributed by atoms with Gasteiger partial charge in [0, 0.05) is 25.4 Å². The molecule has 0 N–H and O–H groups in total. The van der Waals surface area contributed by atoms with Gasteiger partial charge in [-0.25, -0.2) is 0 Å². The molecule has 2 aliphatic heterocycles. The van der Waals surface area contributed by atoms with Crippen LogP contribution in [0.4, 0.5) is 0 Å². The molecule has 1 aliphatic carbocycles. The van der Waals surface area contributed by atoms with Crippen LogP contribution in [-0.2, 0) is 17.8 Å². The lowest BCUT2D eigenvalue weighted by Crippen LogP contribution is -2.37. The van der Waals surface area contributed by atoms with Crippen LogP contribution < -0.4 is 0 Å². The minimum atomic E-state index is 0.170. The Morgan fingerprint density at radius 1 is 0.870 bits per heavy atom. The zero-order valence-corrected chi connectivity index (χ0v) is 14.0. The topological polar surface area (TPSA) is 51.0 Å². The van der Waals surface area contributed by atoms with Crippen LogP contribution >= 0.6 is 0 Å². The van der Waals surface area contributed by atoms with E-state index in [0.29, 0.717) is 5.91 Å². The lowest BCUT2D eigenvalue weighted by atomic mass is 9.88. The molecule has 2 fully saturated rings. The van der Waals surface area contributed by atoms with E-state index >= 15 is 0 Å². The van der Waals surface area contributed by atoms with Gasteiger partial charge in [0.15, 0.2) is 5.82 Å². The van der Waals surface area contributed by atoms with Gasteiger partial charge in [-0.2, -0.15) is 0 Å². The molecule has 4 rings (SSSR count). The standard InChI is InChI=1S/C18H28N4O/c23-18(14-8-3-1-4-9-14)21-13-7-10-15(21)17-20-19-16-11-5-2-6-12-22(16)17/h14-15H,1-13H2. The molecular weight excluding hydrogens is 288 g/mol. The van der Waals surface area contributed by atoms with E-state index in [9.17, 15) is 4.79 Å². The third-order valence-electron chi connectivity index (χ3n) is 5.93. The molecule has 3 heterocycles. The highest BCUT2D eigenvalue weighted by Crippen LogP contribution is 2.35. The second-order valence-electron chi connectivity index (χ2n) is 7.46. The maximum atomic E-state index is 13.0. The van der Waals surface area contributed by atoms with Gasteiger partial charge >= 0.3 is 0 Å². The Kier molecular flexibility index (Phi) is 4.36. The van der Waals surface area contributed by atoms with Crippen LogP contribution in [0, 0.1) is 5.92 Å². The van der Waals surface area contributed by atoms with Crippen molar-refractivity contribution < 1.29 is 4.79 Å². The molecule has 1 unspecified atom stereocenters. The van der Waals surface area contributed by atoms with Crippen LogP contribution in [0.3, 0.4) is 0 Å². The fourth-order valence-corrected chi connectivity index (χ4v) is 4.64. The van der Waals surface area contributed by atoms with Crippen molar-refractivity contribution in [1.82, 2.24) is 19.7 Å². The van der Waals surface area contributed by atoms with Crippen molar-refractivity contribution in [3.05, 3.63) is 11.6 Å². The summed E-state index contributed by atoms with van der Waals surface area (Å²) in [4.78, 5) is 15.1. The number of nitrogens with zero attached hydrogens (tertiary/aromatic N) is 4. The number of aryl methyl sites for hydroxylation is 1. The highest BCUT2D eigenvalue weighted by molar-refractivity contribution is 5.79. The average molecular weight is 316 g/mol. The minimum Gasteiger partial charge on any atom is -0.332 e. The lowest BCUT2D eigenvalue weighted by molar-refractivity contribution is -0.137. The second kappa shape index (κ2) is 6.62. The van der Waals surface area contributed by atoms with Crippen LogP contribution in [-0.4, -0.2) is 32.1 Å². The molecule has 1 aromatic rings. The molecule has 0 aromatic carbocycles. The Hall–Kier alpha value is -1.39. The number of fused-ring (bicyclic) bond motifs is 1. The number of carbonyl (C=O) groups excluding carboxylic acids is 1. The lowest BCUT2D eigenvalue weighted by Gasteiger charge is -2.30. The molecule has 0 radical (unpaired) electrons. The van der Waals surface area contributed by atoms with E-state index in [-0.39, 0.29) is 12.0 Å². The van der Waals surface area contributed by atoms with E-state index in [4.69, 9.17) is 0 Å². The van der Waals surface area contributed by atoms with Crippen LogP contribution in [0.1, 0.15) is 81.9 Å². The van der Waals surface area contributed by atoms with Gasteiger partial charge in [0.2, 0.25) is 5.91 Å². The van der Waals surface area contributed by atoms with Crippen LogP contribution in [0.2, 0.25) is 0 Å². The first-order valence-electron chi connectivity index (χ1n) is 9.57. The maximum Gasteiger partial charge on any atom is 0.226 e. The first kappa shape index (κ1) is 15.2. The molecule has 1 amide bonds. The van der Waals surface area contributed by atoms with E-state index in [0.717, 1.165) is 56.8 Å². The van der Waals surface area contributed by atoms with Crippen LogP contribution in [0.25, 0.3) is 0 Å². The smallest absolute Gasteiger partial charge is 0.226 e. The number of aromatic nitrogens is 3. The molecule has 1 saturated heterocycles. The first-order valence-corrected chi connectivity index (χ1v) is 9.57. The fourth-order valence-electron chi connectivity index (χ4n) is 4.64. The van der Waals surface area contributed by atoms with Crippen molar-refractivity contribution in [2.75, 3.05) is 6.54 Å². The van der Waals surface area contributed by atoms with Crippen molar-refractivity contribution in [3.8, 4) is 0 Å². The summed E-state index contributed by atoms with van der Waals surface area (Å²) in [7, 11) is 0. The molecule has 5 nitrogen and oxygen atoms in total. The Morgan fingerprint density at radius 3 is 2.57 bits per heavy atom. The quantitative estimate of drug-likeness (QED) is 0.841. The van der Waals surface area contributed by atoms with Crippen molar-refractivity contribution >= 4 is 5.91 Å². The molecule has 5 heteroatoms. The van der Waals surface area contributed by atoms with Crippen LogP contribution in [0.15, 0.2) is 0 Å². The van der Waals surface area contributed by atoms with Crippen LogP contribution in [0.5, 0.6) is 0 Å². The van der Waals surface area contributed by atoms with Gasteiger partial charge in [0.25, 0.3) is 0 Å².